The van der Waals surface area contributed by atoms with Crippen molar-refractivity contribution in [3.8, 4) is 0 Å². The molecular formula is C15H20F2N4. The highest BCUT2D eigenvalue weighted by atomic mass is 19.2. The molecule has 0 aliphatic carbocycles. The largest absolute Gasteiger partial charge is 0.305 e. The van der Waals surface area contributed by atoms with Crippen LogP contribution in [-0.4, -0.2) is 21.5 Å². The second kappa shape index (κ2) is 7.26. The quantitative estimate of drug-likeness (QED) is 0.853. The van der Waals surface area contributed by atoms with E-state index in [1.54, 1.807) is 16.9 Å². The molecule has 1 unspecified atom stereocenters. The van der Waals surface area contributed by atoms with E-state index in [1.807, 2.05) is 13.8 Å². The summed E-state index contributed by atoms with van der Waals surface area (Å²) in [4.78, 5) is 0. The van der Waals surface area contributed by atoms with Crippen LogP contribution in [0.1, 0.15) is 44.0 Å². The first-order valence-corrected chi connectivity index (χ1v) is 7.24. The van der Waals surface area contributed by atoms with Gasteiger partial charge < -0.3 is 5.32 Å². The number of nitrogens with one attached hydrogen (secondary N) is 1. The maximum absolute atomic E-state index is 14.1. The zero-order valence-electron chi connectivity index (χ0n) is 12.3. The predicted octanol–water partition coefficient (Wildman–Crippen LogP) is 3.06. The van der Waals surface area contributed by atoms with Gasteiger partial charge >= 0.3 is 0 Å². The lowest BCUT2D eigenvalue weighted by molar-refractivity contribution is 0.462. The number of aromatic nitrogens is 3. The van der Waals surface area contributed by atoms with Gasteiger partial charge in [-0.25, -0.2) is 13.5 Å². The standard InChI is InChI=1S/C15H20F2N4/c1-3-8-18-15(11-6-5-7-12(16)14(11)17)13-10-19-20-21(13)9-4-2/h5-7,10,15,18H,3-4,8-9H2,1-2H3. The fourth-order valence-electron chi connectivity index (χ4n) is 2.28. The highest BCUT2D eigenvalue weighted by Crippen LogP contribution is 2.25. The van der Waals surface area contributed by atoms with Crippen LogP contribution < -0.4 is 5.32 Å². The second-order valence-electron chi connectivity index (χ2n) is 4.91. The van der Waals surface area contributed by atoms with E-state index >= 15 is 0 Å². The smallest absolute Gasteiger partial charge is 0.163 e. The number of aryl methyl sites for hydroxylation is 1. The van der Waals surface area contributed by atoms with Crippen LogP contribution in [0, 0.1) is 11.6 Å². The average Bonchev–Trinajstić information content (AvgIpc) is 2.92. The van der Waals surface area contributed by atoms with Crippen molar-refractivity contribution in [1.29, 1.82) is 0 Å². The van der Waals surface area contributed by atoms with Gasteiger partial charge in [-0.2, -0.15) is 0 Å². The Morgan fingerprint density at radius 1 is 1.24 bits per heavy atom. The Bertz CT molecular complexity index is 583. The van der Waals surface area contributed by atoms with Crippen LogP contribution in [0.25, 0.3) is 0 Å². The number of nitrogens with zero attached hydrogens (tertiary/aromatic N) is 3. The van der Waals surface area contributed by atoms with Gasteiger partial charge in [0.15, 0.2) is 11.6 Å². The molecule has 1 N–H and O–H groups in total. The Morgan fingerprint density at radius 3 is 2.76 bits per heavy atom. The number of benzene rings is 1. The van der Waals surface area contributed by atoms with Crippen LogP contribution in [0.2, 0.25) is 0 Å². The minimum atomic E-state index is -0.842. The van der Waals surface area contributed by atoms with Gasteiger partial charge in [0.05, 0.1) is 17.9 Å². The molecule has 114 valence electrons. The van der Waals surface area contributed by atoms with Crippen molar-refractivity contribution in [3.63, 3.8) is 0 Å². The minimum Gasteiger partial charge on any atom is -0.305 e. The Balaban J connectivity index is 2.42. The predicted molar refractivity (Wildman–Crippen MR) is 76.8 cm³/mol. The molecule has 0 radical (unpaired) electrons. The lowest BCUT2D eigenvalue weighted by atomic mass is 10.0. The maximum Gasteiger partial charge on any atom is 0.163 e. The monoisotopic (exact) mass is 294 g/mol. The molecule has 0 aliphatic rings. The third-order valence-corrected chi connectivity index (χ3v) is 3.27. The van der Waals surface area contributed by atoms with E-state index in [2.05, 4.69) is 15.6 Å². The number of rotatable bonds is 7. The molecule has 2 rings (SSSR count). The Labute approximate surface area is 123 Å². The third kappa shape index (κ3) is 3.44. The molecule has 1 atom stereocenters. The molecule has 0 spiro atoms. The van der Waals surface area contributed by atoms with Crippen molar-refractivity contribution in [2.45, 2.75) is 39.3 Å². The van der Waals surface area contributed by atoms with E-state index < -0.39 is 17.7 Å². The molecule has 0 aliphatic heterocycles. The summed E-state index contributed by atoms with van der Waals surface area (Å²) in [5.74, 6) is -1.67. The van der Waals surface area contributed by atoms with Gasteiger partial charge in [0, 0.05) is 12.1 Å². The van der Waals surface area contributed by atoms with Crippen LogP contribution in [-0.2, 0) is 6.54 Å². The summed E-state index contributed by atoms with van der Waals surface area (Å²) in [6, 6.07) is 3.77. The van der Waals surface area contributed by atoms with Crippen molar-refractivity contribution in [1.82, 2.24) is 20.3 Å². The molecule has 1 aromatic heterocycles. The first-order chi connectivity index (χ1) is 10.2. The molecule has 2 aromatic rings. The lowest BCUT2D eigenvalue weighted by Gasteiger charge is -2.20. The molecular weight excluding hydrogens is 274 g/mol. The van der Waals surface area contributed by atoms with Crippen LogP contribution in [0.15, 0.2) is 24.4 Å². The SMILES string of the molecule is CCCNC(c1cccc(F)c1F)c1cnnn1CCC. The Hall–Kier alpha value is -1.82. The second-order valence-corrected chi connectivity index (χ2v) is 4.91. The third-order valence-electron chi connectivity index (χ3n) is 3.27. The van der Waals surface area contributed by atoms with E-state index in [4.69, 9.17) is 0 Å². The number of hydrogen-bond donors (Lipinski definition) is 1. The summed E-state index contributed by atoms with van der Waals surface area (Å²) in [6.45, 7) is 5.44. The zero-order valence-corrected chi connectivity index (χ0v) is 12.3. The van der Waals surface area contributed by atoms with Crippen molar-refractivity contribution < 1.29 is 8.78 Å². The van der Waals surface area contributed by atoms with Crippen LogP contribution in [0.3, 0.4) is 0 Å². The molecule has 0 bridgehead atoms. The van der Waals surface area contributed by atoms with Crippen molar-refractivity contribution in [2.24, 2.45) is 0 Å². The fraction of sp³-hybridized carbons (Fsp3) is 0.467. The molecule has 0 saturated carbocycles. The first kappa shape index (κ1) is 15.6. The average molecular weight is 294 g/mol. The number of hydrogen-bond acceptors (Lipinski definition) is 3. The van der Waals surface area contributed by atoms with E-state index in [9.17, 15) is 8.78 Å². The summed E-state index contributed by atoms with van der Waals surface area (Å²) in [6.07, 6.45) is 3.39. The fourth-order valence-corrected chi connectivity index (χ4v) is 2.28. The molecule has 0 saturated heterocycles. The maximum atomic E-state index is 14.1. The van der Waals surface area contributed by atoms with Crippen LogP contribution in [0.5, 0.6) is 0 Å². The van der Waals surface area contributed by atoms with Gasteiger partial charge in [-0.3, -0.25) is 0 Å². The highest BCUT2D eigenvalue weighted by Gasteiger charge is 2.23. The van der Waals surface area contributed by atoms with Crippen LogP contribution in [0.4, 0.5) is 8.78 Å². The molecule has 1 aromatic carbocycles. The Kier molecular flexibility index (Phi) is 5.38. The van der Waals surface area contributed by atoms with E-state index in [0.717, 1.165) is 24.6 Å². The Morgan fingerprint density at radius 2 is 2.05 bits per heavy atom. The molecule has 0 amide bonds. The molecule has 21 heavy (non-hydrogen) atoms. The molecule has 6 heteroatoms. The zero-order chi connectivity index (χ0) is 15.2. The van der Waals surface area contributed by atoms with Gasteiger partial charge in [-0.1, -0.05) is 31.2 Å². The van der Waals surface area contributed by atoms with Crippen molar-refractivity contribution in [2.75, 3.05) is 6.54 Å². The summed E-state index contributed by atoms with van der Waals surface area (Å²) in [7, 11) is 0. The molecule has 0 fully saturated rings. The van der Waals surface area contributed by atoms with Gasteiger partial charge in [-0.15, -0.1) is 5.10 Å². The van der Waals surface area contributed by atoms with Crippen molar-refractivity contribution in [3.05, 3.63) is 47.3 Å². The molecule has 1 heterocycles. The topological polar surface area (TPSA) is 42.7 Å². The van der Waals surface area contributed by atoms with E-state index in [0.29, 0.717) is 13.1 Å². The van der Waals surface area contributed by atoms with Gasteiger partial charge in [0.1, 0.15) is 0 Å². The van der Waals surface area contributed by atoms with E-state index in [1.165, 1.54) is 6.07 Å². The minimum absolute atomic E-state index is 0.281. The van der Waals surface area contributed by atoms with Gasteiger partial charge in [0.25, 0.3) is 0 Å². The summed E-state index contributed by atoms with van der Waals surface area (Å²) >= 11 is 0. The highest BCUT2D eigenvalue weighted by molar-refractivity contribution is 5.29. The van der Waals surface area contributed by atoms with Gasteiger partial charge in [-0.05, 0) is 25.5 Å². The first-order valence-electron chi connectivity index (χ1n) is 7.24. The van der Waals surface area contributed by atoms with Crippen molar-refractivity contribution >= 4 is 0 Å². The normalized spacial score (nSPS) is 12.6. The van der Waals surface area contributed by atoms with Crippen LogP contribution >= 0.6 is 0 Å². The summed E-state index contributed by atoms with van der Waals surface area (Å²) in [5, 5.41) is 11.2. The lowest BCUT2D eigenvalue weighted by Crippen LogP contribution is -2.27. The number of halogens is 2. The van der Waals surface area contributed by atoms with E-state index in [-0.39, 0.29) is 5.56 Å². The summed E-state index contributed by atoms with van der Waals surface area (Å²) in [5.41, 5.74) is 1.03. The molecule has 4 nitrogen and oxygen atoms in total. The van der Waals surface area contributed by atoms with Gasteiger partial charge in [0.2, 0.25) is 0 Å². The summed E-state index contributed by atoms with van der Waals surface area (Å²) < 4.78 is 29.4.